The number of aromatic nitrogens is 5. The second-order valence-corrected chi connectivity index (χ2v) is 6.78. The average molecular weight is 408 g/mol. The first-order valence-corrected chi connectivity index (χ1v) is 9.59. The molecule has 1 aromatic carbocycles. The summed E-state index contributed by atoms with van der Waals surface area (Å²) in [6.45, 7) is 2.68. The molecule has 3 heterocycles. The van der Waals surface area contributed by atoms with Gasteiger partial charge in [0.2, 0.25) is 0 Å². The van der Waals surface area contributed by atoms with Crippen LogP contribution in [0.3, 0.4) is 0 Å². The Bertz CT molecular complexity index is 1430. The van der Waals surface area contributed by atoms with Crippen molar-refractivity contribution < 1.29 is 4.79 Å². The van der Waals surface area contributed by atoms with Crippen LogP contribution < -0.4 is 22.3 Å². The molecule has 154 valence electrons. The summed E-state index contributed by atoms with van der Waals surface area (Å²) in [5, 5.41) is 7.36. The highest BCUT2D eigenvalue weighted by Gasteiger charge is 2.11. The predicted octanol–water partition coefficient (Wildman–Crippen LogP) is 0.339. The lowest BCUT2D eigenvalue weighted by Crippen LogP contribution is -2.34. The average Bonchev–Trinajstić information content (AvgIpc) is 3.06. The van der Waals surface area contributed by atoms with E-state index >= 15 is 0 Å². The first kappa shape index (κ1) is 19.4. The summed E-state index contributed by atoms with van der Waals surface area (Å²) < 4.78 is 3.92. The molecule has 0 fully saturated rings. The molecule has 10 heteroatoms. The van der Waals surface area contributed by atoms with Gasteiger partial charge in [0.1, 0.15) is 0 Å². The highest BCUT2D eigenvalue weighted by Crippen LogP contribution is 2.09. The first-order valence-electron chi connectivity index (χ1n) is 9.59. The van der Waals surface area contributed by atoms with E-state index < -0.39 is 5.69 Å². The monoisotopic (exact) mass is 408 g/mol. The number of pyridine rings is 1. The Kier molecular flexibility index (Phi) is 5.05. The van der Waals surface area contributed by atoms with Crippen molar-refractivity contribution in [3.05, 3.63) is 79.5 Å². The number of carbonyl (C=O) groups excluding carboxylic acids is 1. The largest absolute Gasteiger partial charge is 0.352 e. The SMILES string of the molecule is CCn1c(=O)[nH]c2cc(C(=O)NCCCn3nc4ccccn4c3=O)ccc2c1=O. The normalized spacial score (nSPS) is 11.2. The van der Waals surface area contributed by atoms with Crippen LogP contribution in [0, 0.1) is 0 Å². The van der Waals surface area contributed by atoms with Crippen LogP contribution in [-0.4, -0.2) is 36.2 Å². The summed E-state index contributed by atoms with van der Waals surface area (Å²) in [7, 11) is 0. The molecule has 0 aliphatic carbocycles. The van der Waals surface area contributed by atoms with Crippen molar-refractivity contribution in [2.24, 2.45) is 0 Å². The molecular weight excluding hydrogens is 388 g/mol. The molecule has 2 N–H and O–H groups in total. The van der Waals surface area contributed by atoms with Gasteiger partial charge in [0.05, 0.1) is 10.9 Å². The molecule has 0 saturated heterocycles. The maximum Gasteiger partial charge on any atom is 0.350 e. The molecule has 0 bridgehead atoms. The molecule has 0 atom stereocenters. The van der Waals surface area contributed by atoms with E-state index in [1.54, 1.807) is 37.4 Å². The fourth-order valence-electron chi connectivity index (χ4n) is 3.33. The Labute approximate surface area is 169 Å². The minimum absolute atomic E-state index is 0.229. The lowest BCUT2D eigenvalue weighted by atomic mass is 10.1. The number of benzene rings is 1. The number of fused-ring (bicyclic) bond motifs is 2. The zero-order valence-corrected chi connectivity index (χ0v) is 16.3. The molecule has 10 nitrogen and oxygen atoms in total. The molecule has 0 saturated carbocycles. The second-order valence-electron chi connectivity index (χ2n) is 6.78. The third-order valence-electron chi connectivity index (χ3n) is 4.88. The lowest BCUT2D eigenvalue weighted by Gasteiger charge is -2.07. The number of aryl methyl sites for hydroxylation is 1. The highest BCUT2D eigenvalue weighted by molar-refractivity contribution is 5.97. The fourth-order valence-corrected chi connectivity index (χ4v) is 3.33. The van der Waals surface area contributed by atoms with E-state index in [-0.39, 0.29) is 23.7 Å². The Balaban J connectivity index is 1.43. The molecule has 4 rings (SSSR count). The molecule has 0 spiro atoms. The fraction of sp³-hybridized carbons (Fsp3) is 0.250. The summed E-state index contributed by atoms with van der Waals surface area (Å²) in [6.07, 6.45) is 2.17. The topological polar surface area (TPSA) is 123 Å². The van der Waals surface area contributed by atoms with Crippen LogP contribution in [0.2, 0.25) is 0 Å². The van der Waals surface area contributed by atoms with Crippen LogP contribution in [0.25, 0.3) is 16.6 Å². The zero-order chi connectivity index (χ0) is 21.3. The van der Waals surface area contributed by atoms with Gasteiger partial charge in [-0.1, -0.05) is 6.07 Å². The van der Waals surface area contributed by atoms with Crippen LogP contribution in [-0.2, 0) is 13.1 Å². The van der Waals surface area contributed by atoms with E-state index in [1.165, 1.54) is 21.2 Å². The van der Waals surface area contributed by atoms with Crippen molar-refractivity contribution in [3.63, 3.8) is 0 Å². The van der Waals surface area contributed by atoms with E-state index in [4.69, 9.17) is 0 Å². The Morgan fingerprint density at radius 1 is 1.17 bits per heavy atom. The van der Waals surface area contributed by atoms with E-state index in [1.807, 2.05) is 0 Å². The Morgan fingerprint density at radius 2 is 2.00 bits per heavy atom. The van der Waals surface area contributed by atoms with Gasteiger partial charge in [-0.3, -0.25) is 18.6 Å². The first-order chi connectivity index (χ1) is 14.5. The van der Waals surface area contributed by atoms with Crippen molar-refractivity contribution in [2.75, 3.05) is 6.54 Å². The predicted molar refractivity (Wildman–Crippen MR) is 111 cm³/mol. The van der Waals surface area contributed by atoms with Gasteiger partial charge in [-0.2, -0.15) is 0 Å². The van der Waals surface area contributed by atoms with Crippen LogP contribution >= 0.6 is 0 Å². The smallest absolute Gasteiger partial charge is 0.350 e. The molecule has 1 amide bonds. The molecule has 0 aliphatic rings. The van der Waals surface area contributed by atoms with Crippen molar-refractivity contribution in [3.8, 4) is 0 Å². The van der Waals surface area contributed by atoms with Crippen LogP contribution in [0.15, 0.2) is 57.0 Å². The maximum atomic E-state index is 12.4. The Morgan fingerprint density at radius 3 is 2.77 bits per heavy atom. The third kappa shape index (κ3) is 3.43. The van der Waals surface area contributed by atoms with Gasteiger partial charge in [-0.25, -0.2) is 14.3 Å². The molecule has 0 radical (unpaired) electrons. The van der Waals surface area contributed by atoms with E-state index in [0.717, 1.165) is 4.57 Å². The van der Waals surface area contributed by atoms with Gasteiger partial charge in [0, 0.05) is 31.4 Å². The van der Waals surface area contributed by atoms with Crippen molar-refractivity contribution in [1.82, 2.24) is 29.0 Å². The quantitative estimate of drug-likeness (QED) is 0.445. The summed E-state index contributed by atoms with van der Waals surface area (Å²) in [6, 6.07) is 9.88. The molecular formula is C20H20N6O4. The van der Waals surface area contributed by atoms with Crippen LogP contribution in [0.4, 0.5) is 0 Å². The maximum absolute atomic E-state index is 12.4. The highest BCUT2D eigenvalue weighted by atomic mass is 16.2. The summed E-state index contributed by atoms with van der Waals surface area (Å²) in [4.78, 5) is 51.6. The molecule has 0 unspecified atom stereocenters. The number of aromatic amines is 1. The number of carbonyl (C=O) groups is 1. The van der Waals surface area contributed by atoms with Crippen LogP contribution in [0.5, 0.6) is 0 Å². The van der Waals surface area contributed by atoms with Crippen molar-refractivity contribution >= 4 is 22.5 Å². The lowest BCUT2D eigenvalue weighted by molar-refractivity contribution is 0.0952. The number of nitrogens with one attached hydrogen (secondary N) is 2. The van der Waals surface area contributed by atoms with Gasteiger partial charge in [0.25, 0.3) is 11.5 Å². The van der Waals surface area contributed by atoms with Gasteiger partial charge in [-0.05, 0) is 43.7 Å². The second kappa shape index (κ2) is 7.82. The van der Waals surface area contributed by atoms with Crippen LogP contribution in [0.1, 0.15) is 23.7 Å². The minimum Gasteiger partial charge on any atom is -0.352 e. The van der Waals surface area contributed by atoms with Gasteiger partial charge in [0.15, 0.2) is 5.65 Å². The standard InChI is InChI=1S/C20H20N6O4/c1-2-24-18(28)14-8-7-13(12-15(14)22-19(24)29)17(27)21-9-5-11-26-20(30)25-10-4-3-6-16(25)23-26/h3-4,6-8,10,12H,2,5,9,11H2,1H3,(H,21,27)(H,22,29). The minimum atomic E-state index is -0.509. The third-order valence-corrected chi connectivity index (χ3v) is 4.88. The Hall–Kier alpha value is -3.95. The zero-order valence-electron chi connectivity index (χ0n) is 16.3. The van der Waals surface area contributed by atoms with Gasteiger partial charge < -0.3 is 10.3 Å². The van der Waals surface area contributed by atoms with E-state index in [2.05, 4.69) is 15.4 Å². The number of nitrogens with zero attached hydrogens (tertiary/aromatic N) is 4. The molecule has 3 aromatic heterocycles. The summed E-state index contributed by atoms with van der Waals surface area (Å²) in [5.41, 5.74) is 0.0915. The van der Waals surface area contributed by atoms with E-state index in [9.17, 15) is 19.2 Å². The number of hydrogen-bond donors (Lipinski definition) is 2. The number of hydrogen-bond acceptors (Lipinski definition) is 5. The number of H-pyrrole nitrogens is 1. The van der Waals surface area contributed by atoms with E-state index in [0.29, 0.717) is 41.6 Å². The number of amides is 1. The molecule has 4 aromatic rings. The molecule has 0 aliphatic heterocycles. The number of rotatable bonds is 6. The van der Waals surface area contributed by atoms with Gasteiger partial charge >= 0.3 is 11.4 Å². The summed E-state index contributed by atoms with van der Waals surface area (Å²) in [5.74, 6) is -0.334. The van der Waals surface area contributed by atoms with Gasteiger partial charge in [-0.15, -0.1) is 5.10 Å². The van der Waals surface area contributed by atoms with Crippen molar-refractivity contribution in [2.45, 2.75) is 26.4 Å². The van der Waals surface area contributed by atoms with Crippen molar-refractivity contribution in [1.29, 1.82) is 0 Å². The summed E-state index contributed by atoms with van der Waals surface area (Å²) >= 11 is 0. The molecule has 30 heavy (non-hydrogen) atoms.